The van der Waals surface area contributed by atoms with Crippen molar-refractivity contribution >= 4 is 23.2 Å². The van der Waals surface area contributed by atoms with Crippen LogP contribution in [0.1, 0.15) is 94.4 Å². The molecule has 1 aliphatic carbocycles. The Morgan fingerprint density at radius 3 is 1.60 bits per heavy atom. The molecule has 2 aliphatic heterocycles. The molecule has 3 aliphatic rings. The van der Waals surface area contributed by atoms with E-state index >= 15 is 0 Å². The topological polar surface area (TPSA) is 161 Å². The Labute approximate surface area is 354 Å². The number of nitrogens with one attached hydrogen (secondary N) is 2. The highest BCUT2D eigenvalue weighted by atomic mass is 19.1. The zero-order valence-electron chi connectivity index (χ0n) is 35.9. The van der Waals surface area contributed by atoms with Crippen molar-refractivity contribution in [2.45, 2.75) is 92.7 Å². The van der Waals surface area contributed by atoms with Crippen LogP contribution in [0.3, 0.4) is 0 Å². The fourth-order valence-electron chi connectivity index (χ4n) is 7.46. The number of aryl methyl sites for hydroxylation is 5. The molecule has 3 aromatic heterocycles. The molecular weight excluding hydrogens is 770 g/mol. The van der Waals surface area contributed by atoms with E-state index in [0.717, 1.165) is 78.7 Å². The lowest BCUT2D eigenvalue weighted by molar-refractivity contribution is -0.122. The number of nitrogens with zero attached hydrogens (tertiary/aromatic N) is 5. The summed E-state index contributed by atoms with van der Waals surface area (Å²) in [6.45, 7) is 20.6. The van der Waals surface area contributed by atoms with Gasteiger partial charge in [-0.2, -0.15) is 0 Å². The summed E-state index contributed by atoms with van der Waals surface area (Å²) in [5.74, 6) is 2.07. The van der Waals surface area contributed by atoms with Crippen molar-refractivity contribution in [2.24, 2.45) is 0 Å². The lowest BCUT2D eigenvalue weighted by Crippen LogP contribution is -2.25. The van der Waals surface area contributed by atoms with Crippen LogP contribution < -0.4 is 20.1 Å². The second-order valence-electron chi connectivity index (χ2n) is 15.3. The number of likely N-dealkylation sites (tertiary alicyclic amines) is 2. The Bertz CT molecular complexity index is 2190. The SMILES string of the molecule is CC.Cc1ncoc1C(=O)Nc1ccc(OCCN2CCCC2)c(-c2c(C)noc2C)c1.Cc1noc(C)c1-c1cc(NC(=O)C2(F)CC2)ccc1OCCN1CCCC1.[HH].[HH]. The van der Waals surface area contributed by atoms with Crippen molar-refractivity contribution in [2.75, 3.05) is 63.1 Å². The van der Waals surface area contributed by atoms with E-state index in [-0.39, 0.29) is 27.4 Å². The number of amides is 2. The van der Waals surface area contributed by atoms with Crippen molar-refractivity contribution < 1.29 is 39.8 Å². The molecule has 2 aromatic carbocycles. The van der Waals surface area contributed by atoms with E-state index in [2.05, 4.69) is 35.7 Å². The first-order valence-corrected chi connectivity index (χ1v) is 21.1. The molecule has 60 heavy (non-hydrogen) atoms. The highest BCUT2D eigenvalue weighted by molar-refractivity contribution is 6.03. The molecule has 0 atom stereocenters. The van der Waals surface area contributed by atoms with Crippen molar-refractivity contribution in [3.05, 3.63) is 77.2 Å². The summed E-state index contributed by atoms with van der Waals surface area (Å²) in [5, 5.41) is 13.7. The average Bonchev–Trinajstić information content (AvgIpc) is 3.89. The molecule has 2 N–H and O–H groups in total. The first kappa shape index (κ1) is 44.0. The van der Waals surface area contributed by atoms with Gasteiger partial charge in [0.05, 0.1) is 28.2 Å². The van der Waals surface area contributed by atoms with Crippen molar-refractivity contribution in [1.29, 1.82) is 0 Å². The van der Waals surface area contributed by atoms with Crippen LogP contribution in [0.25, 0.3) is 22.3 Å². The monoisotopic (exact) mass is 831 g/mol. The Morgan fingerprint density at radius 2 is 1.20 bits per heavy atom. The Hall–Kier alpha value is -5.54. The van der Waals surface area contributed by atoms with Gasteiger partial charge in [0.25, 0.3) is 11.8 Å². The summed E-state index contributed by atoms with van der Waals surface area (Å²) in [6.07, 6.45) is 6.83. The molecule has 14 nitrogen and oxygen atoms in total. The molecule has 15 heteroatoms. The maximum Gasteiger partial charge on any atom is 0.293 e. The molecule has 2 saturated heterocycles. The number of carbonyl (C=O) groups excluding carboxylic acids is 2. The zero-order valence-corrected chi connectivity index (χ0v) is 35.9. The fraction of sp³-hybridized carbons (Fsp3) is 0.489. The summed E-state index contributed by atoms with van der Waals surface area (Å²) in [7, 11) is 0. The third-order valence-electron chi connectivity index (χ3n) is 10.9. The number of anilines is 2. The van der Waals surface area contributed by atoms with Crippen LogP contribution in [0.4, 0.5) is 15.8 Å². The Morgan fingerprint density at radius 1 is 0.733 bits per heavy atom. The van der Waals surface area contributed by atoms with Crippen molar-refractivity contribution in [1.82, 2.24) is 25.1 Å². The van der Waals surface area contributed by atoms with Crippen LogP contribution in [-0.2, 0) is 4.79 Å². The third-order valence-corrected chi connectivity index (χ3v) is 10.9. The first-order chi connectivity index (χ1) is 29.0. The summed E-state index contributed by atoms with van der Waals surface area (Å²) in [5.41, 5.74) is 4.84. The minimum atomic E-state index is -1.71. The molecule has 8 rings (SSSR count). The van der Waals surface area contributed by atoms with E-state index in [4.69, 9.17) is 22.9 Å². The summed E-state index contributed by atoms with van der Waals surface area (Å²) in [4.78, 5) is 33.4. The predicted molar refractivity (Wildman–Crippen MR) is 232 cm³/mol. The van der Waals surface area contributed by atoms with Crippen LogP contribution in [-0.4, -0.2) is 95.1 Å². The second-order valence-corrected chi connectivity index (χ2v) is 15.3. The van der Waals surface area contributed by atoms with Gasteiger partial charge in [0.15, 0.2) is 12.1 Å². The normalized spacial score (nSPS) is 15.7. The van der Waals surface area contributed by atoms with Crippen molar-refractivity contribution in [3.8, 4) is 33.8 Å². The van der Waals surface area contributed by atoms with Crippen LogP contribution in [0.15, 0.2) is 56.3 Å². The van der Waals surface area contributed by atoms with Gasteiger partial charge in [-0.05, 0) is 136 Å². The fourth-order valence-corrected chi connectivity index (χ4v) is 7.46. The number of carbonyl (C=O) groups is 2. The molecule has 0 bridgehead atoms. The molecule has 5 heterocycles. The van der Waals surface area contributed by atoms with Gasteiger partial charge in [-0.3, -0.25) is 19.4 Å². The van der Waals surface area contributed by atoms with Crippen molar-refractivity contribution in [3.63, 3.8) is 0 Å². The van der Waals surface area contributed by atoms with E-state index in [1.807, 2.05) is 65.8 Å². The number of hydrogen-bond acceptors (Lipinski definition) is 12. The minimum Gasteiger partial charge on any atom is -0.492 e. The maximum absolute atomic E-state index is 14.0. The molecule has 1 saturated carbocycles. The predicted octanol–water partition coefficient (Wildman–Crippen LogP) is 9.37. The number of ether oxygens (including phenoxy) is 2. The van der Waals surface area contributed by atoms with E-state index < -0.39 is 11.6 Å². The van der Waals surface area contributed by atoms with Gasteiger partial charge in [-0.15, -0.1) is 0 Å². The molecular formula is C45H62FN7O7. The number of halogens is 1. The van der Waals surface area contributed by atoms with Gasteiger partial charge in [-0.25, -0.2) is 9.37 Å². The Kier molecular flexibility index (Phi) is 14.8. The highest BCUT2D eigenvalue weighted by Gasteiger charge is 2.50. The number of oxazole rings is 1. The average molecular weight is 832 g/mol. The van der Waals surface area contributed by atoms with Crippen LogP contribution >= 0.6 is 0 Å². The Balaban J connectivity index is 0.000000255. The molecule has 326 valence electrons. The molecule has 3 fully saturated rings. The van der Waals surface area contributed by atoms with Crippen LogP contribution in [0.2, 0.25) is 0 Å². The summed E-state index contributed by atoms with van der Waals surface area (Å²) < 4.78 is 42.1. The highest BCUT2D eigenvalue weighted by Crippen LogP contribution is 2.42. The van der Waals surface area contributed by atoms with E-state index in [1.165, 1.54) is 32.1 Å². The number of alkyl halides is 1. The molecule has 2 amide bonds. The van der Waals surface area contributed by atoms with Crippen LogP contribution in [0, 0.1) is 34.6 Å². The minimum absolute atomic E-state index is 0. The second kappa shape index (κ2) is 20.1. The zero-order chi connectivity index (χ0) is 42.8. The molecule has 0 radical (unpaired) electrons. The van der Waals surface area contributed by atoms with E-state index in [1.54, 1.807) is 19.1 Å². The molecule has 5 aromatic rings. The van der Waals surface area contributed by atoms with Gasteiger partial charge in [0, 0.05) is 38.4 Å². The lowest BCUT2D eigenvalue weighted by atomic mass is 10.0. The lowest BCUT2D eigenvalue weighted by Gasteiger charge is -2.17. The third kappa shape index (κ3) is 10.8. The standard InChI is InChI=1S/C22H26N4O4.C21H26FN3O3.C2H6.2H2/c1-14-20(16(3)30-25-14)18-12-17(24-22(27)21-15(2)23-13-29-21)6-7-19(18)28-11-10-26-8-4-5-9-26;1-14-19(15(2)28-24-14)17-13-16(23-20(26)21(22)7-8-21)5-6-18(17)27-12-11-25-9-3-4-10-25;1-2;;/h6-7,12-13H,4-5,8-11H2,1-3H3,(H,24,27);5-6,13H,3-4,7-12H2,1-2H3,(H,23,26);1-2H3;2*1H. The van der Waals surface area contributed by atoms with Gasteiger partial charge >= 0.3 is 0 Å². The van der Waals surface area contributed by atoms with Crippen LogP contribution in [0.5, 0.6) is 11.5 Å². The number of benzene rings is 2. The quantitative estimate of drug-likeness (QED) is 0.109. The smallest absolute Gasteiger partial charge is 0.293 e. The maximum atomic E-state index is 14.0. The largest absolute Gasteiger partial charge is 0.492 e. The van der Waals surface area contributed by atoms with Gasteiger partial charge in [0.1, 0.15) is 36.2 Å². The summed E-state index contributed by atoms with van der Waals surface area (Å²) in [6, 6.07) is 10.9. The number of rotatable bonds is 14. The van der Waals surface area contributed by atoms with Gasteiger partial charge in [-0.1, -0.05) is 24.2 Å². The van der Waals surface area contributed by atoms with E-state index in [9.17, 15) is 14.0 Å². The summed E-state index contributed by atoms with van der Waals surface area (Å²) >= 11 is 0. The van der Waals surface area contributed by atoms with Gasteiger partial charge in [0.2, 0.25) is 5.76 Å². The van der Waals surface area contributed by atoms with E-state index in [0.29, 0.717) is 47.6 Å². The van der Waals surface area contributed by atoms with Gasteiger partial charge < -0.3 is 33.6 Å². The first-order valence-electron chi connectivity index (χ1n) is 21.1. The number of aromatic nitrogens is 3. The molecule has 0 spiro atoms. The molecule has 0 unspecified atom stereocenters. The number of hydrogen-bond donors (Lipinski definition) is 2.